The summed E-state index contributed by atoms with van der Waals surface area (Å²) in [6, 6.07) is 1.08. The van der Waals surface area contributed by atoms with Crippen molar-refractivity contribution in [3.63, 3.8) is 0 Å². The maximum absolute atomic E-state index is 12.5. The molecule has 3 atom stereocenters. The first-order valence-corrected chi connectivity index (χ1v) is 9.55. The van der Waals surface area contributed by atoms with E-state index in [-0.39, 0.29) is 11.9 Å². The van der Waals surface area contributed by atoms with E-state index in [0.717, 1.165) is 38.3 Å². The fraction of sp³-hybridized carbons (Fsp3) is 0.944. The van der Waals surface area contributed by atoms with Crippen molar-refractivity contribution in [2.45, 2.75) is 82.8 Å². The molecule has 3 fully saturated rings. The van der Waals surface area contributed by atoms with Crippen LogP contribution in [-0.4, -0.2) is 48.6 Å². The second kappa shape index (κ2) is 7.78. The number of rotatable bonds is 5. The van der Waals surface area contributed by atoms with Crippen LogP contribution in [0.5, 0.6) is 0 Å². The molecular weight excluding hydrogens is 274 g/mol. The quantitative estimate of drug-likeness (QED) is 0.819. The molecule has 2 heterocycles. The lowest BCUT2D eigenvalue weighted by Crippen LogP contribution is -2.50. The number of nitrogens with zero attached hydrogens (tertiary/aromatic N) is 1. The highest BCUT2D eigenvalue weighted by Crippen LogP contribution is 2.33. The summed E-state index contributed by atoms with van der Waals surface area (Å²) in [5.74, 6) is 1.02. The second-order valence-corrected chi connectivity index (χ2v) is 7.58. The molecule has 0 spiro atoms. The van der Waals surface area contributed by atoms with Gasteiger partial charge >= 0.3 is 0 Å². The molecule has 3 rings (SSSR count). The predicted octanol–water partition coefficient (Wildman–Crippen LogP) is 2.29. The zero-order valence-electron chi connectivity index (χ0n) is 14.2. The van der Waals surface area contributed by atoms with Crippen LogP contribution in [0.15, 0.2) is 0 Å². The summed E-state index contributed by atoms with van der Waals surface area (Å²) in [6.07, 6.45) is 11.1. The van der Waals surface area contributed by atoms with E-state index >= 15 is 0 Å². The minimum absolute atomic E-state index is 0.0752. The molecular formula is C18H33N3O. The highest BCUT2D eigenvalue weighted by Gasteiger charge is 2.38. The third-order valence-corrected chi connectivity index (χ3v) is 5.94. The third kappa shape index (κ3) is 4.02. The minimum Gasteiger partial charge on any atom is -0.352 e. The fourth-order valence-electron chi connectivity index (χ4n) is 4.51. The first kappa shape index (κ1) is 16.3. The third-order valence-electron chi connectivity index (χ3n) is 5.94. The van der Waals surface area contributed by atoms with Gasteiger partial charge in [-0.05, 0) is 51.0 Å². The number of hydrogen-bond acceptors (Lipinski definition) is 3. The van der Waals surface area contributed by atoms with E-state index in [2.05, 4.69) is 22.5 Å². The number of amides is 1. The van der Waals surface area contributed by atoms with Crippen molar-refractivity contribution in [3.05, 3.63) is 0 Å². The molecule has 1 saturated carbocycles. The molecule has 1 amide bonds. The molecule has 0 aromatic carbocycles. The minimum atomic E-state index is 0.0752. The van der Waals surface area contributed by atoms with Crippen LogP contribution in [0.2, 0.25) is 0 Å². The normalized spacial score (nSPS) is 33.6. The number of carbonyl (C=O) groups is 1. The summed E-state index contributed by atoms with van der Waals surface area (Å²) in [4.78, 5) is 15.1. The summed E-state index contributed by atoms with van der Waals surface area (Å²) < 4.78 is 0. The molecule has 2 aliphatic heterocycles. The van der Waals surface area contributed by atoms with Crippen LogP contribution in [0.3, 0.4) is 0 Å². The van der Waals surface area contributed by atoms with Gasteiger partial charge in [-0.2, -0.15) is 0 Å². The highest BCUT2D eigenvalue weighted by atomic mass is 16.2. The molecule has 4 nitrogen and oxygen atoms in total. The Morgan fingerprint density at radius 1 is 1.18 bits per heavy atom. The molecule has 0 bridgehead atoms. The molecule has 2 saturated heterocycles. The van der Waals surface area contributed by atoms with Crippen LogP contribution in [0.4, 0.5) is 0 Å². The van der Waals surface area contributed by atoms with Gasteiger partial charge in [0, 0.05) is 25.2 Å². The molecule has 2 N–H and O–H groups in total. The summed E-state index contributed by atoms with van der Waals surface area (Å²) in [7, 11) is 0. The van der Waals surface area contributed by atoms with E-state index in [4.69, 9.17) is 0 Å². The Morgan fingerprint density at radius 3 is 2.68 bits per heavy atom. The maximum Gasteiger partial charge on any atom is 0.237 e. The molecule has 0 aromatic heterocycles. The Labute approximate surface area is 135 Å². The Bertz CT molecular complexity index is 351. The number of likely N-dealkylation sites (tertiary alicyclic amines) is 1. The van der Waals surface area contributed by atoms with Crippen molar-refractivity contribution in [1.29, 1.82) is 0 Å². The van der Waals surface area contributed by atoms with E-state index in [1.54, 1.807) is 0 Å². The number of carbonyl (C=O) groups excluding carboxylic acids is 1. The van der Waals surface area contributed by atoms with E-state index in [1.165, 1.54) is 45.1 Å². The van der Waals surface area contributed by atoms with Gasteiger partial charge in [0.25, 0.3) is 0 Å². The lowest BCUT2D eigenvalue weighted by atomic mass is 9.85. The van der Waals surface area contributed by atoms with Crippen molar-refractivity contribution < 1.29 is 4.79 Å². The average Bonchev–Trinajstić information content (AvgIpc) is 2.98. The van der Waals surface area contributed by atoms with Crippen LogP contribution < -0.4 is 10.6 Å². The first-order chi connectivity index (χ1) is 10.8. The molecule has 3 unspecified atom stereocenters. The Kier molecular flexibility index (Phi) is 5.75. The Hall–Kier alpha value is -0.610. The topological polar surface area (TPSA) is 44.4 Å². The zero-order valence-corrected chi connectivity index (χ0v) is 14.2. The van der Waals surface area contributed by atoms with Gasteiger partial charge in [0.15, 0.2) is 0 Å². The highest BCUT2D eigenvalue weighted by molar-refractivity contribution is 5.82. The molecule has 0 aromatic rings. The second-order valence-electron chi connectivity index (χ2n) is 7.58. The van der Waals surface area contributed by atoms with Crippen molar-refractivity contribution in [2.24, 2.45) is 5.92 Å². The van der Waals surface area contributed by atoms with Crippen LogP contribution in [0.25, 0.3) is 0 Å². The number of hydrogen-bond donors (Lipinski definition) is 2. The van der Waals surface area contributed by atoms with Gasteiger partial charge in [0.1, 0.15) is 0 Å². The van der Waals surface area contributed by atoms with Crippen molar-refractivity contribution in [3.8, 4) is 0 Å². The Morgan fingerprint density at radius 2 is 1.95 bits per heavy atom. The van der Waals surface area contributed by atoms with Crippen molar-refractivity contribution >= 4 is 5.91 Å². The van der Waals surface area contributed by atoms with E-state index in [0.29, 0.717) is 12.1 Å². The molecule has 4 heteroatoms. The molecule has 126 valence electrons. The largest absolute Gasteiger partial charge is 0.352 e. The van der Waals surface area contributed by atoms with Crippen molar-refractivity contribution in [2.75, 3.05) is 19.6 Å². The maximum atomic E-state index is 12.5. The smallest absolute Gasteiger partial charge is 0.237 e. The molecule has 0 radical (unpaired) electrons. The summed E-state index contributed by atoms with van der Waals surface area (Å²) in [6.45, 7) is 5.77. The zero-order chi connectivity index (χ0) is 15.4. The lowest BCUT2D eigenvalue weighted by molar-refractivity contribution is -0.123. The standard InChI is InChI=1S/C18H33N3O/c1-2-3-10-21-11-8-15(9-12-21)19-18(22)17-13-14-6-4-5-7-16(14)20-17/h14-17,20H,2-13H2,1H3,(H,19,22). The van der Waals surface area contributed by atoms with Crippen LogP contribution in [-0.2, 0) is 4.79 Å². The monoisotopic (exact) mass is 307 g/mol. The lowest BCUT2D eigenvalue weighted by Gasteiger charge is -2.32. The average molecular weight is 307 g/mol. The van der Waals surface area contributed by atoms with E-state index < -0.39 is 0 Å². The molecule has 1 aliphatic carbocycles. The number of nitrogens with one attached hydrogen (secondary N) is 2. The van der Waals surface area contributed by atoms with Gasteiger partial charge in [0.05, 0.1) is 6.04 Å². The summed E-state index contributed by atoms with van der Waals surface area (Å²) in [5.41, 5.74) is 0. The Balaban J connectivity index is 1.39. The summed E-state index contributed by atoms with van der Waals surface area (Å²) >= 11 is 0. The molecule has 3 aliphatic rings. The van der Waals surface area contributed by atoms with E-state index in [9.17, 15) is 4.79 Å². The van der Waals surface area contributed by atoms with Crippen molar-refractivity contribution in [1.82, 2.24) is 15.5 Å². The van der Waals surface area contributed by atoms with Gasteiger partial charge in [-0.15, -0.1) is 0 Å². The van der Waals surface area contributed by atoms with Crippen LogP contribution in [0.1, 0.15) is 64.7 Å². The predicted molar refractivity (Wildman–Crippen MR) is 89.8 cm³/mol. The van der Waals surface area contributed by atoms with Gasteiger partial charge < -0.3 is 15.5 Å². The SMILES string of the molecule is CCCCN1CCC(NC(=O)C2CC3CCCCC3N2)CC1. The van der Waals surface area contributed by atoms with Crippen LogP contribution in [0, 0.1) is 5.92 Å². The van der Waals surface area contributed by atoms with Gasteiger partial charge in [0.2, 0.25) is 5.91 Å². The van der Waals surface area contributed by atoms with Gasteiger partial charge in [-0.3, -0.25) is 4.79 Å². The van der Waals surface area contributed by atoms with E-state index in [1.807, 2.05) is 0 Å². The number of piperidine rings is 1. The van der Waals surface area contributed by atoms with Crippen LogP contribution >= 0.6 is 0 Å². The summed E-state index contributed by atoms with van der Waals surface area (Å²) in [5, 5.41) is 6.92. The number of unbranched alkanes of at least 4 members (excludes halogenated alkanes) is 1. The fourth-order valence-corrected chi connectivity index (χ4v) is 4.51. The molecule has 22 heavy (non-hydrogen) atoms. The van der Waals surface area contributed by atoms with Gasteiger partial charge in [-0.25, -0.2) is 0 Å². The number of fused-ring (bicyclic) bond motifs is 1. The first-order valence-electron chi connectivity index (χ1n) is 9.55. The van der Waals surface area contributed by atoms with Gasteiger partial charge in [-0.1, -0.05) is 26.2 Å².